The number of carbonyl (C=O) groups excluding carboxylic acids is 2. The highest BCUT2D eigenvalue weighted by atomic mass is 35.5. The summed E-state index contributed by atoms with van der Waals surface area (Å²) in [5.74, 6) is -1.17. The Morgan fingerprint density at radius 1 is 1.15 bits per heavy atom. The van der Waals surface area contributed by atoms with Crippen LogP contribution in [0.25, 0.3) is 0 Å². The summed E-state index contributed by atoms with van der Waals surface area (Å²) in [6.07, 6.45) is 0. The molecule has 0 saturated heterocycles. The number of hydrogen-bond acceptors (Lipinski definition) is 6. The van der Waals surface area contributed by atoms with Gasteiger partial charge in [0.15, 0.2) is 5.78 Å². The van der Waals surface area contributed by atoms with Gasteiger partial charge in [-0.1, -0.05) is 23.7 Å². The average molecular weight is 394 g/mol. The topological polar surface area (TPSA) is 119 Å². The first-order chi connectivity index (χ1) is 12.6. The number of halogens is 1. The minimum absolute atomic E-state index is 0.108. The van der Waals surface area contributed by atoms with E-state index in [1.807, 2.05) is 0 Å². The van der Waals surface area contributed by atoms with E-state index in [0.29, 0.717) is 10.7 Å². The first-order valence-corrected chi connectivity index (χ1v) is 8.33. The number of likely N-dealkylation sites (N-methyl/N-ethyl adjacent to an activating group) is 1. The Bertz CT molecular complexity index is 1010. The minimum atomic E-state index is -0.769. The van der Waals surface area contributed by atoms with E-state index in [0.717, 1.165) is 9.13 Å². The summed E-state index contributed by atoms with van der Waals surface area (Å²) in [4.78, 5) is 50.1. The van der Waals surface area contributed by atoms with Crippen molar-refractivity contribution in [1.82, 2.24) is 14.0 Å². The fourth-order valence-electron chi connectivity index (χ4n) is 2.50. The molecule has 1 aromatic carbocycles. The molecule has 2 aromatic rings. The van der Waals surface area contributed by atoms with Gasteiger partial charge in [-0.15, -0.1) is 0 Å². The average Bonchev–Trinajstić information content (AvgIpc) is 2.60. The molecule has 0 spiro atoms. The molecule has 0 radical (unpaired) electrons. The number of ketones is 1. The number of nitrogens with two attached hydrogens (primary N) is 1. The zero-order valence-corrected chi connectivity index (χ0v) is 15.9. The van der Waals surface area contributed by atoms with Crippen LogP contribution in [-0.2, 0) is 18.9 Å². The number of anilines is 2. The molecule has 9 nitrogen and oxygen atoms in total. The monoisotopic (exact) mass is 393 g/mol. The van der Waals surface area contributed by atoms with E-state index < -0.39 is 17.0 Å². The van der Waals surface area contributed by atoms with Crippen molar-refractivity contribution in [3.8, 4) is 0 Å². The smallest absolute Gasteiger partial charge is 0.332 e. The number of para-hydroxylation sites is 1. The molecule has 1 aromatic heterocycles. The Morgan fingerprint density at radius 2 is 1.78 bits per heavy atom. The Labute approximate surface area is 160 Å². The van der Waals surface area contributed by atoms with Crippen LogP contribution in [0.5, 0.6) is 0 Å². The number of nitrogen functional groups attached to an aromatic ring is 1. The molecule has 2 rings (SSSR count). The Kier molecular flexibility index (Phi) is 6.19. The van der Waals surface area contributed by atoms with E-state index in [-0.39, 0.29) is 30.4 Å². The van der Waals surface area contributed by atoms with Gasteiger partial charge in [-0.2, -0.15) is 0 Å². The number of carbonyl (C=O) groups is 2. The van der Waals surface area contributed by atoms with Crippen LogP contribution < -0.4 is 22.3 Å². The van der Waals surface area contributed by atoms with Gasteiger partial charge in [0.1, 0.15) is 11.4 Å². The van der Waals surface area contributed by atoms with Crippen molar-refractivity contribution in [3.05, 3.63) is 55.7 Å². The van der Waals surface area contributed by atoms with Crippen LogP contribution in [0, 0.1) is 0 Å². The second-order valence-electron chi connectivity index (χ2n) is 6.09. The predicted molar refractivity (Wildman–Crippen MR) is 103 cm³/mol. The van der Waals surface area contributed by atoms with Gasteiger partial charge in [0.2, 0.25) is 5.91 Å². The maximum atomic E-state index is 12.5. The fourth-order valence-corrected chi connectivity index (χ4v) is 2.68. The summed E-state index contributed by atoms with van der Waals surface area (Å²) in [6, 6.07) is 6.76. The zero-order chi connectivity index (χ0) is 20.3. The standard InChI is InChI=1S/C17H20ClN5O4/c1-21(9-13(25)20-11-7-5-4-6-10(11)18)8-12(24)14-15(19)22(2)17(27)23(3)16(14)26/h4-7H,8-9,19H2,1-3H3,(H,20,25). The second-order valence-corrected chi connectivity index (χ2v) is 6.50. The summed E-state index contributed by atoms with van der Waals surface area (Å²) in [6.45, 7) is -0.337. The van der Waals surface area contributed by atoms with Gasteiger partial charge < -0.3 is 11.1 Å². The van der Waals surface area contributed by atoms with Gasteiger partial charge >= 0.3 is 5.69 Å². The van der Waals surface area contributed by atoms with Gasteiger partial charge in [0.05, 0.1) is 23.8 Å². The van der Waals surface area contributed by atoms with Crippen molar-refractivity contribution in [3.63, 3.8) is 0 Å². The molecular weight excluding hydrogens is 374 g/mol. The highest BCUT2D eigenvalue weighted by molar-refractivity contribution is 6.33. The molecular formula is C17H20ClN5O4. The number of nitrogens with one attached hydrogen (secondary N) is 1. The molecule has 0 atom stereocenters. The molecule has 144 valence electrons. The minimum Gasteiger partial charge on any atom is -0.384 e. The molecule has 27 heavy (non-hydrogen) atoms. The van der Waals surface area contributed by atoms with Crippen LogP contribution in [0.4, 0.5) is 11.5 Å². The number of rotatable bonds is 6. The molecule has 0 bridgehead atoms. The van der Waals surface area contributed by atoms with Gasteiger partial charge in [-0.25, -0.2) is 4.79 Å². The second kappa shape index (κ2) is 8.19. The van der Waals surface area contributed by atoms with Gasteiger partial charge in [0, 0.05) is 14.1 Å². The maximum Gasteiger partial charge on any atom is 0.332 e. The van der Waals surface area contributed by atoms with Crippen LogP contribution in [0.3, 0.4) is 0 Å². The first-order valence-electron chi connectivity index (χ1n) is 7.95. The first kappa shape index (κ1) is 20.4. The molecule has 0 unspecified atom stereocenters. The SMILES string of the molecule is CN(CC(=O)Nc1ccccc1Cl)CC(=O)c1c(N)n(C)c(=O)n(C)c1=O. The Balaban J connectivity index is 2.10. The van der Waals surface area contributed by atoms with E-state index >= 15 is 0 Å². The van der Waals surface area contributed by atoms with E-state index in [1.54, 1.807) is 31.3 Å². The maximum absolute atomic E-state index is 12.5. The van der Waals surface area contributed by atoms with Gasteiger partial charge in [-0.05, 0) is 19.2 Å². The number of Topliss-reactive ketones (excluding diaryl/α,β-unsaturated/α-hetero) is 1. The lowest BCUT2D eigenvalue weighted by Crippen LogP contribution is -2.43. The third-order valence-electron chi connectivity index (χ3n) is 3.96. The van der Waals surface area contributed by atoms with Crippen LogP contribution in [0.2, 0.25) is 5.02 Å². The molecule has 10 heteroatoms. The fraction of sp³-hybridized carbons (Fsp3) is 0.294. The number of aromatic nitrogens is 2. The van der Waals surface area contributed by atoms with Gasteiger partial charge in [-0.3, -0.25) is 28.4 Å². The zero-order valence-electron chi connectivity index (χ0n) is 15.2. The lowest BCUT2D eigenvalue weighted by atomic mass is 10.2. The highest BCUT2D eigenvalue weighted by Gasteiger charge is 2.22. The summed E-state index contributed by atoms with van der Waals surface area (Å²) in [7, 11) is 4.18. The third-order valence-corrected chi connectivity index (χ3v) is 4.29. The molecule has 0 aliphatic heterocycles. The Morgan fingerprint density at radius 3 is 2.41 bits per heavy atom. The van der Waals surface area contributed by atoms with Crippen molar-refractivity contribution in [2.75, 3.05) is 31.2 Å². The van der Waals surface area contributed by atoms with E-state index in [1.165, 1.54) is 19.0 Å². The van der Waals surface area contributed by atoms with Crippen molar-refractivity contribution in [2.45, 2.75) is 0 Å². The van der Waals surface area contributed by atoms with Crippen LogP contribution in [0.1, 0.15) is 10.4 Å². The van der Waals surface area contributed by atoms with Crippen LogP contribution in [-0.4, -0.2) is 45.9 Å². The van der Waals surface area contributed by atoms with Crippen molar-refractivity contribution in [1.29, 1.82) is 0 Å². The molecule has 3 N–H and O–H groups in total. The van der Waals surface area contributed by atoms with Crippen LogP contribution in [0.15, 0.2) is 33.9 Å². The highest BCUT2D eigenvalue weighted by Crippen LogP contribution is 2.20. The van der Waals surface area contributed by atoms with E-state index in [2.05, 4.69) is 5.32 Å². The van der Waals surface area contributed by atoms with Crippen LogP contribution >= 0.6 is 11.6 Å². The van der Waals surface area contributed by atoms with Gasteiger partial charge in [0.25, 0.3) is 5.56 Å². The normalized spacial score (nSPS) is 10.9. The lowest BCUT2D eigenvalue weighted by Gasteiger charge is -2.17. The summed E-state index contributed by atoms with van der Waals surface area (Å²) < 4.78 is 1.84. The predicted octanol–water partition coefficient (Wildman–Crippen LogP) is 0.0728. The molecule has 0 aliphatic rings. The quantitative estimate of drug-likeness (QED) is 0.670. The summed E-state index contributed by atoms with van der Waals surface area (Å²) >= 11 is 5.99. The molecule has 1 heterocycles. The van der Waals surface area contributed by atoms with Crippen molar-refractivity contribution < 1.29 is 9.59 Å². The number of hydrogen-bond donors (Lipinski definition) is 2. The van der Waals surface area contributed by atoms with Crippen molar-refractivity contribution >= 4 is 34.8 Å². The lowest BCUT2D eigenvalue weighted by molar-refractivity contribution is -0.116. The molecule has 1 amide bonds. The van der Waals surface area contributed by atoms with Crippen molar-refractivity contribution in [2.24, 2.45) is 14.1 Å². The summed E-state index contributed by atoms with van der Waals surface area (Å²) in [5.41, 5.74) is 4.55. The number of benzene rings is 1. The Hall–Kier alpha value is -2.91. The number of nitrogens with zero attached hydrogens (tertiary/aromatic N) is 3. The van der Waals surface area contributed by atoms with E-state index in [4.69, 9.17) is 17.3 Å². The molecule has 0 saturated carbocycles. The summed E-state index contributed by atoms with van der Waals surface area (Å²) in [5, 5.41) is 3.04. The molecule has 0 aliphatic carbocycles. The largest absolute Gasteiger partial charge is 0.384 e. The third kappa shape index (κ3) is 4.44. The van der Waals surface area contributed by atoms with E-state index in [9.17, 15) is 19.2 Å². The molecule has 0 fully saturated rings. The number of amides is 1.